The Labute approximate surface area is 209 Å². The number of benzene rings is 2. The lowest BCUT2D eigenvalue weighted by Gasteiger charge is -2.32. The molecular formula is C23H29BrClN3O4S. The molecule has 0 radical (unpaired) electrons. The number of anilines is 1. The summed E-state index contributed by atoms with van der Waals surface area (Å²) in [5, 5.41) is 3.34. The van der Waals surface area contributed by atoms with Crippen LogP contribution in [0.3, 0.4) is 0 Å². The molecule has 180 valence electrons. The van der Waals surface area contributed by atoms with E-state index in [0.29, 0.717) is 10.7 Å². The number of carbonyl (C=O) groups is 2. The van der Waals surface area contributed by atoms with Crippen molar-refractivity contribution in [3.05, 3.63) is 63.6 Å². The Morgan fingerprint density at radius 3 is 2.30 bits per heavy atom. The van der Waals surface area contributed by atoms with Gasteiger partial charge in [-0.15, -0.1) is 0 Å². The van der Waals surface area contributed by atoms with Crippen molar-refractivity contribution >= 4 is 55.1 Å². The minimum atomic E-state index is -3.77. The van der Waals surface area contributed by atoms with Crippen molar-refractivity contribution in [2.24, 2.45) is 0 Å². The Morgan fingerprint density at radius 2 is 1.76 bits per heavy atom. The van der Waals surface area contributed by atoms with Crippen LogP contribution < -0.4 is 9.62 Å². The lowest BCUT2D eigenvalue weighted by molar-refractivity contribution is -0.139. The third-order valence-electron chi connectivity index (χ3n) is 5.20. The van der Waals surface area contributed by atoms with Crippen LogP contribution in [0.4, 0.5) is 5.69 Å². The van der Waals surface area contributed by atoms with Gasteiger partial charge in [0, 0.05) is 22.1 Å². The summed E-state index contributed by atoms with van der Waals surface area (Å²) in [4.78, 5) is 27.7. The summed E-state index contributed by atoms with van der Waals surface area (Å²) in [5.74, 6) is -0.799. The van der Waals surface area contributed by atoms with Crippen molar-refractivity contribution in [2.75, 3.05) is 17.1 Å². The predicted octanol–water partition coefficient (Wildman–Crippen LogP) is 4.20. The Hall–Kier alpha value is -2.10. The van der Waals surface area contributed by atoms with E-state index < -0.39 is 28.5 Å². The van der Waals surface area contributed by atoms with Crippen LogP contribution in [0, 0.1) is 0 Å². The second kappa shape index (κ2) is 11.9. The SMILES string of the molecule is CC[C@H](C)NC(=O)[C@@H](C)N(Cc1cccc(Br)c1)C(=O)CN(c1ccc(Cl)cc1)S(C)(=O)=O. The summed E-state index contributed by atoms with van der Waals surface area (Å²) in [5.41, 5.74) is 1.12. The van der Waals surface area contributed by atoms with E-state index in [1.807, 2.05) is 38.1 Å². The first-order chi connectivity index (χ1) is 15.4. The molecule has 0 bridgehead atoms. The lowest BCUT2D eigenvalue weighted by atomic mass is 10.1. The molecule has 0 unspecified atom stereocenters. The quantitative estimate of drug-likeness (QED) is 0.474. The number of hydrogen-bond donors (Lipinski definition) is 1. The maximum Gasteiger partial charge on any atom is 0.244 e. The zero-order chi connectivity index (χ0) is 24.8. The van der Waals surface area contributed by atoms with Crippen molar-refractivity contribution in [2.45, 2.75) is 45.8 Å². The van der Waals surface area contributed by atoms with Gasteiger partial charge in [0.05, 0.1) is 11.9 Å². The van der Waals surface area contributed by atoms with Gasteiger partial charge in [-0.05, 0) is 62.2 Å². The number of halogens is 2. The third-order valence-corrected chi connectivity index (χ3v) is 7.09. The van der Waals surface area contributed by atoms with E-state index in [4.69, 9.17) is 11.6 Å². The number of hydrogen-bond acceptors (Lipinski definition) is 4. The highest BCUT2D eigenvalue weighted by molar-refractivity contribution is 9.10. The van der Waals surface area contributed by atoms with E-state index in [1.54, 1.807) is 19.1 Å². The second-order valence-corrected chi connectivity index (χ2v) is 11.2. The summed E-state index contributed by atoms with van der Waals surface area (Å²) in [6.07, 6.45) is 1.78. The van der Waals surface area contributed by atoms with Gasteiger partial charge in [-0.3, -0.25) is 13.9 Å². The van der Waals surface area contributed by atoms with Gasteiger partial charge in [0.1, 0.15) is 12.6 Å². The van der Waals surface area contributed by atoms with E-state index >= 15 is 0 Å². The molecule has 0 heterocycles. The Morgan fingerprint density at radius 1 is 1.12 bits per heavy atom. The van der Waals surface area contributed by atoms with Gasteiger partial charge >= 0.3 is 0 Å². The van der Waals surface area contributed by atoms with E-state index in [-0.39, 0.29) is 18.5 Å². The van der Waals surface area contributed by atoms with Crippen molar-refractivity contribution in [1.82, 2.24) is 10.2 Å². The van der Waals surface area contributed by atoms with Gasteiger partial charge in [0.15, 0.2) is 0 Å². The molecule has 1 N–H and O–H groups in total. The van der Waals surface area contributed by atoms with Crippen LogP contribution in [-0.4, -0.2) is 50.0 Å². The standard InChI is InChI=1S/C23H29BrClN3O4S/c1-5-16(2)26-23(30)17(3)27(14-18-7-6-8-19(24)13-18)22(29)15-28(33(4,31)32)21-11-9-20(25)10-12-21/h6-13,16-17H,5,14-15H2,1-4H3,(H,26,30)/t16-,17+/m0/s1. The summed E-state index contributed by atoms with van der Waals surface area (Å²) in [6.45, 7) is 5.18. The third kappa shape index (κ3) is 8.01. The van der Waals surface area contributed by atoms with E-state index in [2.05, 4.69) is 21.2 Å². The second-order valence-electron chi connectivity index (χ2n) is 7.89. The molecule has 2 aromatic rings. The minimum absolute atomic E-state index is 0.0515. The van der Waals surface area contributed by atoms with E-state index in [0.717, 1.165) is 27.0 Å². The first-order valence-electron chi connectivity index (χ1n) is 10.5. The van der Waals surface area contributed by atoms with Gasteiger partial charge < -0.3 is 10.2 Å². The molecule has 0 spiro atoms. The van der Waals surface area contributed by atoms with Gasteiger partial charge in [-0.2, -0.15) is 0 Å². The molecule has 0 saturated heterocycles. The van der Waals surface area contributed by atoms with Crippen LogP contribution in [-0.2, 0) is 26.2 Å². The molecule has 0 fully saturated rings. The minimum Gasteiger partial charge on any atom is -0.352 e. The molecule has 33 heavy (non-hydrogen) atoms. The van der Waals surface area contributed by atoms with Crippen molar-refractivity contribution in [1.29, 1.82) is 0 Å². The molecule has 0 aliphatic rings. The van der Waals surface area contributed by atoms with Crippen molar-refractivity contribution < 1.29 is 18.0 Å². The molecule has 0 aliphatic heterocycles. The fourth-order valence-corrected chi connectivity index (χ4v) is 4.52. The highest BCUT2D eigenvalue weighted by Gasteiger charge is 2.30. The van der Waals surface area contributed by atoms with Gasteiger partial charge in [-0.1, -0.05) is 46.6 Å². The van der Waals surface area contributed by atoms with Crippen molar-refractivity contribution in [3.63, 3.8) is 0 Å². The number of sulfonamides is 1. The molecule has 0 saturated carbocycles. The fourth-order valence-electron chi connectivity index (χ4n) is 3.10. The number of nitrogens with zero attached hydrogens (tertiary/aromatic N) is 2. The molecule has 2 atom stereocenters. The molecule has 0 aliphatic carbocycles. The van der Waals surface area contributed by atoms with Crippen LogP contribution in [0.1, 0.15) is 32.8 Å². The number of amides is 2. The average molecular weight is 559 g/mol. The monoisotopic (exact) mass is 557 g/mol. The normalized spacial score (nSPS) is 13.2. The average Bonchev–Trinajstić information content (AvgIpc) is 2.75. The molecule has 7 nitrogen and oxygen atoms in total. The Bertz CT molecular complexity index is 1080. The topological polar surface area (TPSA) is 86.8 Å². The largest absolute Gasteiger partial charge is 0.352 e. The summed E-state index contributed by atoms with van der Waals surface area (Å²) < 4.78 is 26.9. The number of nitrogens with one attached hydrogen (secondary N) is 1. The van der Waals surface area contributed by atoms with Crippen LogP contribution in [0.2, 0.25) is 5.02 Å². The molecule has 2 amide bonds. The highest BCUT2D eigenvalue weighted by Crippen LogP contribution is 2.22. The first kappa shape index (κ1) is 27.1. The summed E-state index contributed by atoms with van der Waals surface area (Å²) >= 11 is 9.35. The Kier molecular flexibility index (Phi) is 9.75. The maximum absolute atomic E-state index is 13.4. The Balaban J connectivity index is 2.37. The van der Waals surface area contributed by atoms with Crippen LogP contribution in [0.5, 0.6) is 0 Å². The number of carbonyl (C=O) groups excluding carboxylic acids is 2. The summed E-state index contributed by atoms with van der Waals surface area (Å²) in [6, 6.07) is 12.7. The number of rotatable bonds is 10. The maximum atomic E-state index is 13.4. The van der Waals surface area contributed by atoms with Crippen LogP contribution >= 0.6 is 27.5 Å². The van der Waals surface area contributed by atoms with E-state index in [9.17, 15) is 18.0 Å². The van der Waals surface area contributed by atoms with E-state index in [1.165, 1.54) is 17.0 Å². The zero-order valence-corrected chi connectivity index (χ0v) is 22.2. The highest BCUT2D eigenvalue weighted by atomic mass is 79.9. The molecular weight excluding hydrogens is 530 g/mol. The van der Waals surface area contributed by atoms with Gasteiger partial charge in [0.2, 0.25) is 21.8 Å². The molecule has 2 rings (SSSR count). The smallest absolute Gasteiger partial charge is 0.244 e. The van der Waals surface area contributed by atoms with Crippen LogP contribution in [0.25, 0.3) is 0 Å². The molecule has 0 aromatic heterocycles. The predicted molar refractivity (Wildman–Crippen MR) is 136 cm³/mol. The van der Waals surface area contributed by atoms with Crippen LogP contribution in [0.15, 0.2) is 53.0 Å². The fraction of sp³-hybridized carbons (Fsp3) is 0.391. The molecule has 2 aromatic carbocycles. The first-order valence-corrected chi connectivity index (χ1v) is 13.5. The zero-order valence-electron chi connectivity index (χ0n) is 19.1. The molecule has 10 heteroatoms. The lowest BCUT2D eigenvalue weighted by Crippen LogP contribution is -2.52. The van der Waals surface area contributed by atoms with Gasteiger partial charge in [-0.25, -0.2) is 8.42 Å². The van der Waals surface area contributed by atoms with Gasteiger partial charge in [0.25, 0.3) is 0 Å². The van der Waals surface area contributed by atoms with Crippen molar-refractivity contribution in [3.8, 4) is 0 Å². The summed E-state index contributed by atoms with van der Waals surface area (Å²) in [7, 11) is -3.77.